The second-order valence-electron chi connectivity index (χ2n) is 6.71. The van der Waals surface area contributed by atoms with E-state index in [9.17, 15) is 23.9 Å². The molecule has 1 unspecified atom stereocenters. The zero-order valence-corrected chi connectivity index (χ0v) is 16.8. The van der Waals surface area contributed by atoms with Crippen molar-refractivity contribution in [3.8, 4) is 11.1 Å². The van der Waals surface area contributed by atoms with Gasteiger partial charge in [0.1, 0.15) is 12.4 Å². The molecule has 2 heterocycles. The van der Waals surface area contributed by atoms with Crippen LogP contribution in [0.1, 0.15) is 6.92 Å². The molecule has 1 aromatic carbocycles. The summed E-state index contributed by atoms with van der Waals surface area (Å²) in [4.78, 5) is 41.9. The third-order valence-corrected chi connectivity index (χ3v) is 5.05. The summed E-state index contributed by atoms with van der Waals surface area (Å²) in [6.45, 7) is 0.723. The Hall–Kier alpha value is -3.24. The molecule has 0 saturated carbocycles. The highest BCUT2D eigenvalue weighted by Crippen LogP contribution is 2.28. The molecule has 0 fully saturated rings. The number of aromatic nitrogens is 4. The maximum atomic E-state index is 14.0. The van der Waals surface area contributed by atoms with E-state index in [0.717, 1.165) is 21.4 Å². The van der Waals surface area contributed by atoms with Crippen molar-refractivity contribution in [1.29, 1.82) is 0 Å². The molecule has 9 nitrogen and oxygen atoms in total. The van der Waals surface area contributed by atoms with Crippen LogP contribution in [0.4, 0.5) is 4.39 Å². The Morgan fingerprint density at radius 1 is 1.33 bits per heavy atom. The molecule has 158 valence electrons. The minimum Gasteiger partial charge on any atom is -0.480 e. The van der Waals surface area contributed by atoms with Crippen LogP contribution in [-0.2, 0) is 21.7 Å². The summed E-state index contributed by atoms with van der Waals surface area (Å²) in [5.74, 6) is -2.06. The van der Waals surface area contributed by atoms with Crippen LogP contribution in [0.5, 0.6) is 0 Å². The smallest absolute Gasteiger partial charge is 0.333 e. The first-order valence-corrected chi connectivity index (χ1v) is 9.09. The van der Waals surface area contributed by atoms with E-state index in [1.807, 2.05) is 0 Å². The lowest BCUT2D eigenvalue weighted by atomic mass is 10.1. The first kappa shape index (κ1) is 21.5. The fraction of sp³-hybridized carbons (Fsp3) is 0.263. The molecule has 0 bridgehead atoms. The third-order valence-electron chi connectivity index (χ3n) is 4.66. The zero-order valence-electron chi connectivity index (χ0n) is 16.1. The SMILES string of the molecule is COCC(C)(n1ccnc1)n1c(=O)c(-c2cccc(F)c2Cl)cn(CC(=O)O)c1=O. The average Bonchev–Trinajstić information content (AvgIpc) is 3.22. The number of carbonyl (C=O) groups is 1. The number of ether oxygens (including phenoxy) is 1. The molecule has 1 N–H and O–H groups in total. The normalized spacial score (nSPS) is 13.2. The minimum atomic E-state index is -1.39. The average molecular weight is 437 g/mol. The molecule has 0 radical (unpaired) electrons. The second kappa shape index (κ2) is 8.25. The molecule has 2 aromatic heterocycles. The lowest BCUT2D eigenvalue weighted by Crippen LogP contribution is -2.56. The van der Waals surface area contributed by atoms with Crippen LogP contribution in [0, 0.1) is 5.82 Å². The van der Waals surface area contributed by atoms with Crippen LogP contribution < -0.4 is 11.2 Å². The van der Waals surface area contributed by atoms with Crippen LogP contribution in [0.3, 0.4) is 0 Å². The Bertz CT molecular complexity index is 1200. The van der Waals surface area contributed by atoms with Gasteiger partial charge in [-0.25, -0.2) is 18.7 Å². The van der Waals surface area contributed by atoms with E-state index < -0.39 is 35.2 Å². The van der Waals surface area contributed by atoms with Gasteiger partial charge in [0.15, 0.2) is 5.66 Å². The first-order chi connectivity index (χ1) is 14.2. The molecule has 0 aliphatic rings. The van der Waals surface area contributed by atoms with Crippen LogP contribution in [0.25, 0.3) is 11.1 Å². The Labute approximate surface area is 174 Å². The van der Waals surface area contributed by atoms with E-state index in [1.54, 1.807) is 6.92 Å². The molecular weight excluding hydrogens is 419 g/mol. The first-order valence-electron chi connectivity index (χ1n) is 8.71. The van der Waals surface area contributed by atoms with Gasteiger partial charge in [-0.05, 0) is 13.0 Å². The van der Waals surface area contributed by atoms with Gasteiger partial charge in [-0.3, -0.25) is 14.2 Å². The molecule has 11 heteroatoms. The number of methoxy groups -OCH3 is 1. The summed E-state index contributed by atoms with van der Waals surface area (Å²) in [6.07, 6.45) is 5.46. The number of carboxylic acid groups (broad SMARTS) is 1. The minimum absolute atomic E-state index is 0.0277. The van der Waals surface area contributed by atoms with Crippen molar-refractivity contribution in [2.75, 3.05) is 13.7 Å². The van der Waals surface area contributed by atoms with Gasteiger partial charge < -0.3 is 14.4 Å². The maximum Gasteiger partial charge on any atom is 0.333 e. The molecule has 30 heavy (non-hydrogen) atoms. The molecule has 0 aliphatic carbocycles. The van der Waals surface area contributed by atoms with E-state index >= 15 is 0 Å². The van der Waals surface area contributed by atoms with Crippen molar-refractivity contribution in [1.82, 2.24) is 18.7 Å². The molecule has 0 aliphatic heterocycles. The summed E-state index contributed by atoms with van der Waals surface area (Å²) in [5.41, 5.74) is -3.17. The summed E-state index contributed by atoms with van der Waals surface area (Å²) < 4.78 is 22.5. The maximum absolute atomic E-state index is 14.0. The lowest BCUT2D eigenvalue weighted by molar-refractivity contribution is -0.137. The summed E-state index contributed by atoms with van der Waals surface area (Å²) in [6, 6.07) is 3.89. The van der Waals surface area contributed by atoms with Gasteiger partial charge in [0.2, 0.25) is 0 Å². The number of rotatable bonds is 7. The van der Waals surface area contributed by atoms with Crippen molar-refractivity contribution >= 4 is 17.6 Å². The molecule has 1 atom stereocenters. The number of halogens is 2. The fourth-order valence-electron chi connectivity index (χ4n) is 3.25. The van der Waals surface area contributed by atoms with Gasteiger partial charge in [-0.2, -0.15) is 0 Å². The van der Waals surface area contributed by atoms with Gasteiger partial charge >= 0.3 is 11.7 Å². The van der Waals surface area contributed by atoms with E-state index in [-0.39, 0.29) is 22.8 Å². The van der Waals surface area contributed by atoms with Crippen molar-refractivity contribution in [2.24, 2.45) is 0 Å². The third kappa shape index (κ3) is 3.66. The van der Waals surface area contributed by atoms with Crippen LogP contribution in [0.2, 0.25) is 5.02 Å². The molecule has 3 rings (SSSR count). The predicted octanol–water partition coefficient (Wildman–Crippen LogP) is 1.62. The molecule has 0 spiro atoms. The number of hydrogen-bond acceptors (Lipinski definition) is 5. The van der Waals surface area contributed by atoms with Gasteiger partial charge in [-0.1, -0.05) is 23.7 Å². The molecule has 3 aromatic rings. The van der Waals surface area contributed by atoms with E-state index in [4.69, 9.17) is 16.3 Å². The highest BCUT2D eigenvalue weighted by atomic mass is 35.5. The van der Waals surface area contributed by atoms with Gasteiger partial charge in [0.05, 0.1) is 23.5 Å². The highest BCUT2D eigenvalue weighted by molar-refractivity contribution is 6.33. The molecule has 0 amide bonds. The Balaban J connectivity index is 2.43. The quantitative estimate of drug-likeness (QED) is 0.603. The second-order valence-corrected chi connectivity index (χ2v) is 7.09. The van der Waals surface area contributed by atoms with Crippen molar-refractivity contribution in [3.05, 3.63) is 74.8 Å². The van der Waals surface area contributed by atoms with Crippen LogP contribution >= 0.6 is 11.6 Å². The van der Waals surface area contributed by atoms with Crippen LogP contribution in [0.15, 0.2) is 52.7 Å². The van der Waals surface area contributed by atoms with Gasteiger partial charge in [0, 0.05) is 31.3 Å². The number of nitrogens with zero attached hydrogens (tertiary/aromatic N) is 4. The van der Waals surface area contributed by atoms with E-state index in [2.05, 4.69) is 4.98 Å². The topological polar surface area (TPSA) is 108 Å². The van der Waals surface area contributed by atoms with E-state index in [0.29, 0.717) is 0 Å². The van der Waals surface area contributed by atoms with Gasteiger partial charge in [-0.15, -0.1) is 0 Å². The summed E-state index contributed by atoms with van der Waals surface area (Å²) in [7, 11) is 1.39. The largest absolute Gasteiger partial charge is 0.480 e. The molecular formula is C19H18ClFN4O5. The van der Waals surface area contributed by atoms with Gasteiger partial charge in [0.25, 0.3) is 5.56 Å². The number of hydrogen-bond donors (Lipinski definition) is 1. The zero-order chi connectivity index (χ0) is 22.1. The van der Waals surface area contributed by atoms with Crippen molar-refractivity contribution < 1.29 is 19.0 Å². The number of benzene rings is 1. The fourth-order valence-corrected chi connectivity index (χ4v) is 3.48. The van der Waals surface area contributed by atoms with E-state index in [1.165, 1.54) is 42.5 Å². The highest BCUT2D eigenvalue weighted by Gasteiger charge is 2.34. The summed E-state index contributed by atoms with van der Waals surface area (Å²) in [5, 5.41) is 8.91. The Morgan fingerprint density at radius 3 is 2.67 bits per heavy atom. The Morgan fingerprint density at radius 2 is 2.07 bits per heavy atom. The number of carboxylic acids is 1. The van der Waals surface area contributed by atoms with Crippen molar-refractivity contribution in [3.63, 3.8) is 0 Å². The predicted molar refractivity (Wildman–Crippen MR) is 106 cm³/mol. The number of imidazole rings is 1. The monoisotopic (exact) mass is 436 g/mol. The lowest BCUT2D eigenvalue weighted by Gasteiger charge is -2.32. The Kier molecular flexibility index (Phi) is 5.90. The van der Waals surface area contributed by atoms with Crippen LogP contribution in [-0.4, -0.2) is 43.5 Å². The molecule has 0 saturated heterocycles. The summed E-state index contributed by atoms with van der Waals surface area (Å²) >= 11 is 6.06. The number of aliphatic carboxylic acids is 1. The standard InChI is InChI=1S/C19H18ClFN4O5/c1-19(10-30-2,24-7-6-22-11-24)25-17(28)13(8-23(18(25)29)9-15(26)27)12-4-3-5-14(21)16(12)20/h3-8,11H,9-10H2,1-2H3,(H,26,27). The van der Waals surface area contributed by atoms with Crippen molar-refractivity contribution in [2.45, 2.75) is 19.1 Å².